The maximum atomic E-state index is 12.4. The molecule has 0 fully saturated rings. The molecule has 0 saturated carbocycles. The minimum absolute atomic E-state index is 0.0760. The van der Waals surface area contributed by atoms with E-state index in [0.717, 1.165) is 0 Å². The number of phenolic OH excluding ortho intramolecular Hbond substituents is 1. The summed E-state index contributed by atoms with van der Waals surface area (Å²) in [5.74, 6) is 0.0760. The van der Waals surface area contributed by atoms with Crippen LogP contribution in [-0.4, -0.2) is 46.1 Å². The van der Waals surface area contributed by atoms with Crippen LogP contribution in [0.3, 0.4) is 0 Å². The Bertz CT molecular complexity index is 519. The molecule has 0 atom stereocenters. The van der Waals surface area contributed by atoms with Gasteiger partial charge in [0.2, 0.25) is 0 Å². The zero-order valence-electron chi connectivity index (χ0n) is 13.0. The third-order valence-electron chi connectivity index (χ3n) is 3.02. The summed E-state index contributed by atoms with van der Waals surface area (Å²) in [6.07, 6.45) is -0.303. The molecule has 8 nitrogen and oxygen atoms in total. The van der Waals surface area contributed by atoms with E-state index in [9.17, 15) is 14.2 Å². The summed E-state index contributed by atoms with van der Waals surface area (Å²) >= 11 is 0. The standard InChI is InChI=1S/C12H21NO7P2/c1-17-21(15,18-2)9-13(10-22(16,19-3)20-4)11-5-7-12(14)8-6-11/h5-8,14H,9-10H2,1-4H3. The zero-order valence-corrected chi connectivity index (χ0v) is 14.8. The summed E-state index contributed by atoms with van der Waals surface area (Å²) in [5, 5.41) is 9.36. The van der Waals surface area contributed by atoms with Crippen LogP contribution in [0.1, 0.15) is 0 Å². The number of rotatable bonds is 9. The Balaban J connectivity index is 3.12. The number of hydrogen-bond acceptors (Lipinski definition) is 8. The number of hydrogen-bond donors (Lipinski definition) is 1. The van der Waals surface area contributed by atoms with Gasteiger partial charge in [-0.2, -0.15) is 0 Å². The molecule has 126 valence electrons. The average Bonchev–Trinajstić information content (AvgIpc) is 2.54. The quantitative estimate of drug-likeness (QED) is 0.677. The maximum absolute atomic E-state index is 12.4. The molecular formula is C12H21NO7P2. The van der Waals surface area contributed by atoms with E-state index in [2.05, 4.69) is 0 Å². The molecule has 0 heterocycles. The molecule has 0 spiro atoms. The predicted molar refractivity (Wildman–Crippen MR) is 83.6 cm³/mol. The third-order valence-corrected chi connectivity index (χ3v) is 6.62. The van der Waals surface area contributed by atoms with Crippen molar-refractivity contribution in [1.82, 2.24) is 0 Å². The van der Waals surface area contributed by atoms with Crippen LogP contribution in [0.25, 0.3) is 0 Å². The van der Waals surface area contributed by atoms with Crippen LogP contribution in [0.5, 0.6) is 5.75 Å². The summed E-state index contributed by atoms with van der Waals surface area (Å²) in [6, 6.07) is 6.08. The van der Waals surface area contributed by atoms with Crippen molar-refractivity contribution >= 4 is 20.9 Å². The van der Waals surface area contributed by atoms with Gasteiger partial charge in [0.1, 0.15) is 18.3 Å². The Morgan fingerprint density at radius 3 is 1.55 bits per heavy atom. The molecule has 0 aliphatic heterocycles. The summed E-state index contributed by atoms with van der Waals surface area (Å²) in [4.78, 5) is 1.50. The van der Waals surface area contributed by atoms with Gasteiger partial charge in [0, 0.05) is 34.1 Å². The summed E-state index contributed by atoms with van der Waals surface area (Å²) < 4.78 is 44.4. The van der Waals surface area contributed by atoms with Crippen LogP contribution in [-0.2, 0) is 27.2 Å². The van der Waals surface area contributed by atoms with Gasteiger partial charge in [-0.05, 0) is 24.3 Å². The first-order chi connectivity index (χ1) is 10.3. The Hall–Kier alpha value is -0.880. The number of anilines is 1. The Morgan fingerprint density at radius 2 is 1.23 bits per heavy atom. The summed E-state index contributed by atoms with van der Waals surface area (Å²) in [5.41, 5.74) is 0.557. The lowest BCUT2D eigenvalue weighted by Gasteiger charge is -2.29. The van der Waals surface area contributed by atoms with Crippen molar-refractivity contribution in [2.45, 2.75) is 0 Å². The summed E-state index contributed by atoms with van der Waals surface area (Å²) in [6.45, 7) is 0. The maximum Gasteiger partial charge on any atom is 0.349 e. The lowest BCUT2D eigenvalue weighted by molar-refractivity contribution is 0.270. The smallest absolute Gasteiger partial charge is 0.349 e. The normalized spacial score (nSPS) is 12.4. The lowest BCUT2D eigenvalue weighted by atomic mass is 10.3. The third kappa shape index (κ3) is 5.09. The van der Waals surface area contributed by atoms with Gasteiger partial charge in [-0.1, -0.05) is 0 Å². The molecule has 0 amide bonds. The van der Waals surface area contributed by atoms with Crippen LogP contribution in [0.2, 0.25) is 0 Å². The van der Waals surface area contributed by atoms with E-state index in [1.165, 1.54) is 45.5 Å². The highest BCUT2D eigenvalue weighted by Crippen LogP contribution is 2.52. The second-order valence-electron chi connectivity index (χ2n) is 4.29. The van der Waals surface area contributed by atoms with E-state index in [-0.39, 0.29) is 18.3 Å². The fourth-order valence-corrected chi connectivity index (χ4v) is 3.95. The van der Waals surface area contributed by atoms with Gasteiger partial charge in [0.25, 0.3) is 0 Å². The van der Waals surface area contributed by atoms with Crippen LogP contribution in [0.4, 0.5) is 5.69 Å². The van der Waals surface area contributed by atoms with Crippen LogP contribution in [0, 0.1) is 0 Å². The molecule has 0 unspecified atom stereocenters. The molecule has 1 aromatic rings. The molecule has 0 aliphatic rings. The molecule has 10 heteroatoms. The zero-order chi connectivity index (χ0) is 16.8. The first-order valence-electron chi connectivity index (χ1n) is 6.26. The van der Waals surface area contributed by atoms with Crippen LogP contribution < -0.4 is 4.90 Å². The van der Waals surface area contributed by atoms with Crippen molar-refractivity contribution in [3.63, 3.8) is 0 Å². The van der Waals surface area contributed by atoms with Gasteiger partial charge in [-0.25, -0.2) is 0 Å². The van der Waals surface area contributed by atoms with E-state index in [1.807, 2.05) is 0 Å². The molecule has 1 N–H and O–H groups in total. The van der Waals surface area contributed by atoms with Crippen molar-refractivity contribution in [2.75, 3.05) is 45.9 Å². The summed E-state index contributed by atoms with van der Waals surface area (Å²) in [7, 11) is -1.70. The van der Waals surface area contributed by atoms with Gasteiger partial charge in [-0.3, -0.25) is 9.13 Å². The van der Waals surface area contributed by atoms with Gasteiger partial charge in [0.05, 0.1) is 0 Å². The Labute approximate surface area is 130 Å². The largest absolute Gasteiger partial charge is 0.508 e. The van der Waals surface area contributed by atoms with E-state index >= 15 is 0 Å². The molecule has 0 aliphatic carbocycles. The number of benzene rings is 1. The van der Waals surface area contributed by atoms with Gasteiger partial charge < -0.3 is 28.1 Å². The molecule has 0 radical (unpaired) electrons. The molecule has 0 bridgehead atoms. The first kappa shape index (κ1) is 19.2. The highest BCUT2D eigenvalue weighted by atomic mass is 31.2. The second kappa shape index (κ2) is 8.11. The Morgan fingerprint density at radius 1 is 0.864 bits per heavy atom. The molecular weight excluding hydrogens is 332 g/mol. The van der Waals surface area contributed by atoms with Crippen molar-refractivity contribution in [1.29, 1.82) is 0 Å². The monoisotopic (exact) mass is 353 g/mol. The lowest BCUT2D eigenvalue weighted by Crippen LogP contribution is -2.27. The van der Waals surface area contributed by atoms with E-state index in [4.69, 9.17) is 18.1 Å². The SMILES string of the molecule is COP(=O)(CN(CP(=O)(OC)OC)c1ccc(O)cc1)OC. The first-order valence-corrected chi connectivity index (χ1v) is 9.72. The molecule has 0 saturated heterocycles. The topological polar surface area (TPSA) is 94.5 Å². The van der Waals surface area contributed by atoms with Crippen molar-refractivity contribution in [3.8, 4) is 5.75 Å². The predicted octanol–water partition coefficient (Wildman–Crippen LogP) is 3.09. The average molecular weight is 353 g/mol. The molecule has 1 rings (SSSR count). The second-order valence-corrected chi connectivity index (χ2v) is 8.76. The van der Waals surface area contributed by atoms with E-state index in [0.29, 0.717) is 5.69 Å². The van der Waals surface area contributed by atoms with Crippen molar-refractivity contribution < 1.29 is 32.3 Å². The van der Waals surface area contributed by atoms with E-state index < -0.39 is 15.2 Å². The van der Waals surface area contributed by atoms with E-state index in [1.54, 1.807) is 12.1 Å². The minimum Gasteiger partial charge on any atom is -0.508 e. The minimum atomic E-state index is -3.39. The van der Waals surface area contributed by atoms with Gasteiger partial charge >= 0.3 is 15.2 Å². The van der Waals surface area contributed by atoms with Crippen molar-refractivity contribution in [2.24, 2.45) is 0 Å². The fraction of sp³-hybridized carbons (Fsp3) is 0.500. The molecule has 0 aromatic heterocycles. The molecule has 1 aromatic carbocycles. The fourth-order valence-electron chi connectivity index (χ4n) is 1.67. The number of nitrogens with zero attached hydrogens (tertiary/aromatic N) is 1. The highest BCUT2D eigenvalue weighted by molar-refractivity contribution is 7.55. The number of phenols is 1. The van der Waals surface area contributed by atoms with Crippen LogP contribution in [0.15, 0.2) is 24.3 Å². The number of aromatic hydroxyl groups is 1. The Kier molecular flexibility index (Phi) is 7.06. The van der Waals surface area contributed by atoms with Crippen molar-refractivity contribution in [3.05, 3.63) is 24.3 Å². The van der Waals surface area contributed by atoms with Gasteiger partial charge in [0.15, 0.2) is 0 Å². The van der Waals surface area contributed by atoms with Crippen LogP contribution >= 0.6 is 15.2 Å². The molecule has 22 heavy (non-hydrogen) atoms. The van der Waals surface area contributed by atoms with Gasteiger partial charge in [-0.15, -0.1) is 0 Å². The highest BCUT2D eigenvalue weighted by Gasteiger charge is 2.32.